The molecule has 0 aliphatic rings. The van der Waals surface area contributed by atoms with Gasteiger partial charge in [0.25, 0.3) is 0 Å². The molecule has 0 heterocycles. The molecule has 2 aromatic rings. The van der Waals surface area contributed by atoms with E-state index in [1.54, 1.807) is 6.07 Å². The van der Waals surface area contributed by atoms with Crippen molar-refractivity contribution >= 4 is 24.0 Å². The minimum atomic E-state index is -0.609. The van der Waals surface area contributed by atoms with Gasteiger partial charge in [-0.15, -0.1) is 12.4 Å². The lowest BCUT2D eigenvalue weighted by Gasteiger charge is -2.21. The lowest BCUT2D eigenvalue weighted by molar-refractivity contribution is 0.145. The molecule has 3 N–H and O–H groups in total. The summed E-state index contributed by atoms with van der Waals surface area (Å²) >= 11 is 5.93. The monoisotopic (exact) mass is 311 g/mol. The summed E-state index contributed by atoms with van der Waals surface area (Å²) in [6.45, 7) is 1.95. The molecule has 2 nitrogen and oxygen atoms in total. The van der Waals surface area contributed by atoms with E-state index in [0.29, 0.717) is 11.4 Å². The highest BCUT2D eigenvalue weighted by Crippen LogP contribution is 2.23. The van der Waals surface area contributed by atoms with Crippen molar-refractivity contribution in [3.8, 4) is 0 Å². The maximum absolute atomic E-state index is 10.3. The minimum absolute atomic E-state index is 0. The lowest BCUT2D eigenvalue weighted by atomic mass is 9.94. The van der Waals surface area contributed by atoms with Crippen LogP contribution in [0.3, 0.4) is 0 Å². The quantitative estimate of drug-likeness (QED) is 0.905. The molecule has 0 aliphatic carbocycles. The van der Waals surface area contributed by atoms with E-state index in [0.717, 1.165) is 16.7 Å². The number of rotatable bonds is 4. The second kappa shape index (κ2) is 7.65. The van der Waals surface area contributed by atoms with Crippen LogP contribution in [0.1, 0.15) is 22.7 Å². The maximum atomic E-state index is 10.3. The molecule has 0 radical (unpaired) electrons. The van der Waals surface area contributed by atoms with Gasteiger partial charge in [0, 0.05) is 11.4 Å². The van der Waals surface area contributed by atoms with E-state index in [1.165, 1.54) is 0 Å². The van der Waals surface area contributed by atoms with Gasteiger partial charge in [-0.1, -0.05) is 48.0 Å². The zero-order chi connectivity index (χ0) is 13.8. The van der Waals surface area contributed by atoms with Crippen LogP contribution in [0.5, 0.6) is 0 Å². The summed E-state index contributed by atoms with van der Waals surface area (Å²) in [6, 6.07) is 15.0. The number of benzene rings is 2. The van der Waals surface area contributed by atoms with Gasteiger partial charge in [0.15, 0.2) is 0 Å². The Balaban J connectivity index is 0.00000200. The van der Waals surface area contributed by atoms with Crippen molar-refractivity contribution in [2.45, 2.75) is 25.5 Å². The van der Waals surface area contributed by atoms with Crippen molar-refractivity contribution in [1.82, 2.24) is 0 Å². The largest absolute Gasteiger partial charge is 0.391 e. The molecule has 0 bridgehead atoms. The Morgan fingerprint density at radius 1 is 1.15 bits per heavy atom. The molecule has 0 aromatic heterocycles. The van der Waals surface area contributed by atoms with Gasteiger partial charge in [0.1, 0.15) is 0 Å². The third-order valence-electron chi connectivity index (χ3n) is 3.29. The second-order valence-electron chi connectivity index (χ2n) is 4.78. The van der Waals surface area contributed by atoms with Crippen molar-refractivity contribution in [3.05, 3.63) is 70.2 Å². The molecule has 0 saturated carbocycles. The molecule has 4 heteroatoms. The first-order chi connectivity index (χ1) is 9.08. The Bertz CT molecular complexity index is 545. The third kappa shape index (κ3) is 4.22. The van der Waals surface area contributed by atoms with E-state index in [-0.39, 0.29) is 12.4 Å². The fourth-order valence-electron chi connectivity index (χ4n) is 2.20. The zero-order valence-electron chi connectivity index (χ0n) is 11.3. The van der Waals surface area contributed by atoms with Crippen LogP contribution >= 0.6 is 24.0 Å². The van der Waals surface area contributed by atoms with E-state index < -0.39 is 12.1 Å². The molecule has 0 spiro atoms. The first kappa shape index (κ1) is 17.0. The number of aliphatic hydroxyl groups excluding tert-OH is 1. The molecule has 20 heavy (non-hydrogen) atoms. The van der Waals surface area contributed by atoms with E-state index in [2.05, 4.69) is 0 Å². The predicted molar refractivity (Wildman–Crippen MR) is 86.5 cm³/mol. The molecule has 2 rings (SSSR count). The predicted octanol–water partition coefficient (Wildman–Crippen LogP) is 3.67. The molecule has 0 aliphatic heterocycles. The van der Waals surface area contributed by atoms with Crippen molar-refractivity contribution in [1.29, 1.82) is 0 Å². The molecule has 0 fully saturated rings. The molecular formula is C16H19Cl2NO. The first-order valence-electron chi connectivity index (χ1n) is 6.31. The van der Waals surface area contributed by atoms with Crippen LogP contribution in [0.25, 0.3) is 0 Å². The smallest absolute Gasteiger partial charge is 0.0773 e. The number of nitrogens with two attached hydrogens (primary N) is 1. The van der Waals surface area contributed by atoms with Crippen LogP contribution in [0.2, 0.25) is 5.02 Å². The van der Waals surface area contributed by atoms with Gasteiger partial charge in [-0.25, -0.2) is 0 Å². The Kier molecular flexibility index (Phi) is 6.50. The van der Waals surface area contributed by atoms with Crippen LogP contribution in [0, 0.1) is 6.92 Å². The third-order valence-corrected chi connectivity index (χ3v) is 3.53. The topological polar surface area (TPSA) is 46.2 Å². The molecule has 108 valence electrons. The van der Waals surface area contributed by atoms with Crippen LogP contribution in [0.15, 0.2) is 48.5 Å². The Labute approximate surface area is 131 Å². The van der Waals surface area contributed by atoms with Crippen LogP contribution in [0.4, 0.5) is 0 Å². The number of hydrogen-bond donors (Lipinski definition) is 2. The number of aliphatic hydroxyl groups is 1. The summed E-state index contributed by atoms with van der Waals surface area (Å²) in [7, 11) is 0. The Hall–Kier alpha value is -1.06. The van der Waals surface area contributed by atoms with Crippen molar-refractivity contribution in [2.24, 2.45) is 5.73 Å². The summed E-state index contributed by atoms with van der Waals surface area (Å²) in [5.74, 6) is 0. The Morgan fingerprint density at radius 2 is 1.80 bits per heavy atom. The highest BCUT2D eigenvalue weighted by atomic mass is 35.5. The summed E-state index contributed by atoms with van der Waals surface area (Å²) in [5, 5.41) is 10.9. The molecule has 2 atom stereocenters. The van der Waals surface area contributed by atoms with E-state index in [4.69, 9.17) is 17.3 Å². The standard InChI is InChI=1S/C16H18ClNO.ClH/c1-11-9-13(17)7-8-14(11)16(18)15(19)10-12-5-3-2-4-6-12;/h2-9,15-16,19H,10,18H2,1H3;1H/t15-,16+;/m0./s1. The molecular weight excluding hydrogens is 293 g/mol. The van der Waals surface area contributed by atoms with Gasteiger partial charge >= 0.3 is 0 Å². The van der Waals surface area contributed by atoms with Gasteiger partial charge in [0.05, 0.1) is 12.1 Å². The van der Waals surface area contributed by atoms with E-state index in [1.807, 2.05) is 49.4 Å². The minimum Gasteiger partial charge on any atom is -0.391 e. The number of hydrogen-bond acceptors (Lipinski definition) is 2. The molecule has 0 saturated heterocycles. The fourth-order valence-corrected chi connectivity index (χ4v) is 2.43. The average Bonchev–Trinajstić information content (AvgIpc) is 2.39. The van der Waals surface area contributed by atoms with Gasteiger partial charge in [-0.05, 0) is 35.7 Å². The van der Waals surface area contributed by atoms with Gasteiger partial charge in [-0.3, -0.25) is 0 Å². The normalized spacial score (nSPS) is 13.4. The van der Waals surface area contributed by atoms with Gasteiger partial charge < -0.3 is 10.8 Å². The van der Waals surface area contributed by atoms with E-state index >= 15 is 0 Å². The van der Waals surface area contributed by atoms with Gasteiger partial charge in [-0.2, -0.15) is 0 Å². The maximum Gasteiger partial charge on any atom is 0.0773 e. The fraction of sp³-hybridized carbons (Fsp3) is 0.250. The Morgan fingerprint density at radius 3 is 2.40 bits per heavy atom. The number of aryl methyl sites for hydroxylation is 1. The van der Waals surface area contributed by atoms with Crippen molar-refractivity contribution in [3.63, 3.8) is 0 Å². The second-order valence-corrected chi connectivity index (χ2v) is 5.22. The summed E-state index contributed by atoms with van der Waals surface area (Å²) in [4.78, 5) is 0. The number of halogens is 2. The zero-order valence-corrected chi connectivity index (χ0v) is 12.9. The summed E-state index contributed by atoms with van der Waals surface area (Å²) in [6.07, 6.45) is -0.0633. The van der Waals surface area contributed by atoms with E-state index in [9.17, 15) is 5.11 Å². The lowest BCUT2D eigenvalue weighted by Crippen LogP contribution is -2.28. The molecule has 0 amide bonds. The molecule has 2 aromatic carbocycles. The summed E-state index contributed by atoms with van der Waals surface area (Å²) < 4.78 is 0. The van der Waals surface area contributed by atoms with Crippen molar-refractivity contribution < 1.29 is 5.11 Å². The van der Waals surface area contributed by atoms with Crippen LogP contribution < -0.4 is 5.73 Å². The SMILES string of the molecule is Cc1cc(Cl)ccc1[C@@H](N)[C@@H](O)Cc1ccccc1.Cl. The highest BCUT2D eigenvalue weighted by Gasteiger charge is 2.18. The average molecular weight is 312 g/mol. The summed E-state index contributed by atoms with van der Waals surface area (Å²) in [5.41, 5.74) is 9.17. The highest BCUT2D eigenvalue weighted by molar-refractivity contribution is 6.30. The first-order valence-corrected chi connectivity index (χ1v) is 6.69. The van der Waals surface area contributed by atoms with Gasteiger partial charge in [0.2, 0.25) is 0 Å². The van der Waals surface area contributed by atoms with Crippen LogP contribution in [-0.4, -0.2) is 11.2 Å². The van der Waals surface area contributed by atoms with Crippen molar-refractivity contribution in [2.75, 3.05) is 0 Å². The van der Waals surface area contributed by atoms with Crippen LogP contribution in [-0.2, 0) is 6.42 Å². The molecule has 0 unspecified atom stereocenters.